The van der Waals surface area contributed by atoms with Gasteiger partial charge in [0, 0.05) is 25.2 Å². The van der Waals surface area contributed by atoms with E-state index in [9.17, 15) is 0 Å². The molecule has 0 aliphatic carbocycles. The van der Waals surface area contributed by atoms with Crippen LogP contribution in [0, 0.1) is 13.8 Å². The number of nitrogens with zero attached hydrogens (tertiary/aromatic N) is 3. The van der Waals surface area contributed by atoms with Gasteiger partial charge in [0.2, 0.25) is 5.89 Å². The summed E-state index contributed by atoms with van der Waals surface area (Å²) in [5.74, 6) is 2.28. The van der Waals surface area contributed by atoms with Crippen molar-refractivity contribution in [2.24, 2.45) is 4.99 Å². The van der Waals surface area contributed by atoms with E-state index in [0.29, 0.717) is 12.4 Å². The van der Waals surface area contributed by atoms with Gasteiger partial charge in [-0.15, -0.1) is 0 Å². The first-order valence-electron chi connectivity index (χ1n) is 7.66. The van der Waals surface area contributed by atoms with Crippen molar-refractivity contribution in [2.45, 2.75) is 33.9 Å². The van der Waals surface area contributed by atoms with Crippen molar-refractivity contribution in [3.05, 3.63) is 52.2 Å². The Kier molecular flexibility index (Phi) is 6.04. The number of aryl methyl sites for hydroxylation is 2. The van der Waals surface area contributed by atoms with Gasteiger partial charge in [-0.05, 0) is 38.5 Å². The monoisotopic (exact) mass is 334 g/mol. The van der Waals surface area contributed by atoms with E-state index >= 15 is 0 Å². The predicted octanol–water partition coefficient (Wildman–Crippen LogP) is 3.54. The maximum Gasteiger partial charge on any atom is 0.216 e. The van der Waals surface area contributed by atoms with Gasteiger partial charge in [-0.3, -0.25) is 0 Å². The Labute approximate surface area is 142 Å². The molecular formula is C17H23ClN4O. The first kappa shape index (κ1) is 17.3. The number of guanidine groups is 1. The number of rotatable bonds is 5. The van der Waals surface area contributed by atoms with Gasteiger partial charge in [-0.2, -0.15) is 0 Å². The van der Waals surface area contributed by atoms with Gasteiger partial charge < -0.3 is 14.6 Å². The summed E-state index contributed by atoms with van der Waals surface area (Å²) >= 11 is 6.04. The summed E-state index contributed by atoms with van der Waals surface area (Å²) in [6.07, 6.45) is 0. The number of hydrogen-bond donors (Lipinski definition) is 1. The largest absolute Gasteiger partial charge is 0.444 e. The zero-order valence-corrected chi connectivity index (χ0v) is 14.8. The first-order valence-corrected chi connectivity index (χ1v) is 8.04. The summed E-state index contributed by atoms with van der Waals surface area (Å²) in [6.45, 7) is 7.81. The SMILES string of the molecule is CCNC(=NCc1nc(C)c(C)o1)N(C)Cc1cccc(Cl)c1. The average Bonchev–Trinajstić information content (AvgIpc) is 2.82. The second-order valence-electron chi connectivity index (χ2n) is 5.41. The highest BCUT2D eigenvalue weighted by atomic mass is 35.5. The minimum Gasteiger partial charge on any atom is -0.444 e. The molecule has 0 atom stereocenters. The average molecular weight is 335 g/mol. The molecular weight excluding hydrogens is 312 g/mol. The van der Waals surface area contributed by atoms with Crippen molar-refractivity contribution in [1.29, 1.82) is 0 Å². The number of nitrogens with one attached hydrogen (secondary N) is 1. The minimum atomic E-state index is 0.414. The molecule has 1 N–H and O–H groups in total. The van der Waals surface area contributed by atoms with E-state index in [2.05, 4.69) is 20.2 Å². The molecule has 0 saturated heterocycles. The van der Waals surface area contributed by atoms with Crippen LogP contribution < -0.4 is 5.32 Å². The van der Waals surface area contributed by atoms with Crippen LogP contribution in [-0.4, -0.2) is 29.4 Å². The molecule has 0 radical (unpaired) electrons. The van der Waals surface area contributed by atoms with Gasteiger partial charge in [0.15, 0.2) is 5.96 Å². The van der Waals surface area contributed by atoms with Crippen LogP contribution in [-0.2, 0) is 13.1 Å². The molecule has 0 aliphatic heterocycles. The second-order valence-corrected chi connectivity index (χ2v) is 5.84. The van der Waals surface area contributed by atoms with Crippen LogP contribution in [0.5, 0.6) is 0 Å². The fourth-order valence-corrected chi connectivity index (χ4v) is 2.42. The van der Waals surface area contributed by atoms with Crippen molar-refractivity contribution in [3.8, 4) is 0 Å². The Morgan fingerprint density at radius 2 is 2.17 bits per heavy atom. The lowest BCUT2D eigenvalue weighted by Crippen LogP contribution is -2.38. The third-order valence-corrected chi connectivity index (χ3v) is 3.68. The van der Waals surface area contributed by atoms with E-state index in [1.54, 1.807) is 0 Å². The maximum absolute atomic E-state index is 6.04. The summed E-state index contributed by atoms with van der Waals surface area (Å²) in [7, 11) is 1.99. The van der Waals surface area contributed by atoms with Crippen LogP contribution in [0.3, 0.4) is 0 Å². The fraction of sp³-hybridized carbons (Fsp3) is 0.412. The molecule has 0 amide bonds. The summed E-state index contributed by atoms with van der Waals surface area (Å²) in [6, 6.07) is 7.83. The van der Waals surface area contributed by atoms with Crippen LogP contribution in [0.4, 0.5) is 0 Å². The highest BCUT2D eigenvalue weighted by Gasteiger charge is 2.09. The van der Waals surface area contributed by atoms with Gasteiger partial charge >= 0.3 is 0 Å². The molecule has 0 unspecified atom stereocenters. The molecule has 6 heteroatoms. The van der Waals surface area contributed by atoms with Crippen molar-refractivity contribution >= 4 is 17.6 Å². The zero-order valence-electron chi connectivity index (χ0n) is 14.1. The van der Waals surface area contributed by atoms with E-state index in [4.69, 9.17) is 16.0 Å². The molecule has 1 aromatic heterocycles. The molecule has 23 heavy (non-hydrogen) atoms. The maximum atomic E-state index is 6.04. The molecule has 0 fully saturated rings. The summed E-state index contributed by atoms with van der Waals surface area (Å²) in [5, 5.41) is 4.02. The molecule has 0 saturated carbocycles. The standard InChI is InChI=1S/C17H23ClN4O/c1-5-19-17(20-10-16-21-12(2)13(3)23-16)22(4)11-14-7-6-8-15(18)9-14/h6-9H,5,10-11H2,1-4H3,(H,19,20). The van der Waals surface area contributed by atoms with E-state index in [1.807, 2.05) is 52.1 Å². The molecule has 1 aromatic carbocycles. The van der Waals surface area contributed by atoms with Gasteiger partial charge in [0.1, 0.15) is 12.3 Å². The number of oxazole rings is 1. The van der Waals surface area contributed by atoms with Crippen LogP contribution in [0.25, 0.3) is 0 Å². The number of aromatic nitrogens is 1. The lowest BCUT2D eigenvalue weighted by Gasteiger charge is -2.22. The number of aliphatic imine (C=N–C) groups is 1. The molecule has 0 spiro atoms. The van der Waals surface area contributed by atoms with Crippen molar-refractivity contribution in [1.82, 2.24) is 15.2 Å². The normalized spacial score (nSPS) is 11.6. The molecule has 2 aromatic rings. The molecule has 1 heterocycles. The van der Waals surface area contributed by atoms with E-state index < -0.39 is 0 Å². The molecule has 124 valence electrons. The van der Waals surface area contributed by atoms with E-state index in [-0.39, 0.29) is 0 Å². The highest BCUT2D eigenvalue weighted by molar-refractivity contribution is 6.30. The Morgan fingerprint density at radius 1 is 1.39 bits per heavy atom. The van der Waals surface area contributed by atoms with Crippen LogP contribution >= 0.6 is 11.6 Å². The van der Waals surface area contributed by atoms with E-state index in [0.717, 1.165) is 41.1 Å². The predicted molar refractivity (Wildman–Crippen MR) is 93.7 cm³/mol. The Morgan fingerprint density at radius 3 is 2.78 bits per heavy atom. The van der Waals surface area contributed by atoms with Crippen LogP contribution in [0.2, 0.25) is 5.02 Å². The first-order chi connectivity index (χ1) is 11.0. The van der Waals surface area contributed by atoms with Gasteiger partial charge in [0.25, 0.3) is 0 Å². The van der Waals surface area contributed by atoms with Gasteiger partial charge in [-0.25, -0.2) is 9.98 Å². The Hall–Kier alpha value is -2.01. The van der Waals surface area contributed by atoms with Crippen LogP contribution in [0.15, 0.2) is 33.7 Å². The summed E-state index contributed by atoms with van der Waals surface area (Å²) in [4.78, 5) is 11.0. The number of halogens is 1. The third-order valence-electron chi connectivity index (χ3n) is 3.44. The van der Waals surface area contributed by atoms with E-state index in [1.165, 1.54) is 0 Å². The van der Waals surface area contributed by atoms with Crippen molar-refractivity contribution in [2.75, 3.05) is 13.6 Å². The van der Waals surface area contributed by atoms with Crippen molar-refractivity contribution in [3.63, 3.8) is 0 Å². The van der Waals surface area contributed by atoms with Crippen LogP contribution in [0.1, 0.15) is 29.8 Å². The van der Waals surface area contributed by atoms with Gasteiger partial charge in [0.05, 0.1) is 5.69 Å². The van der Waals surface area contributed by atoms with Crippen molar-refractivity contribution < 1.29 is 4.42 Å². The van der Waals surface area contributed by atoms with Gasteiger partial charge in [-0.1, -0.05) is 23.7 Å². The molecule has 0 aliphatic rings. The number of hydrogen-bond acceptors (Lipinski definition) is 3. The lowest BCUT2D eigenvalue weighted by atomic mass is 10.2. The second kappa shape index (κ2) is 8.02. The Balaban J connectivity index is 2.08. The minimum absolute atomic E-state index is 0.414. The smallest absolute Gasteiger partial charge is 0.216 e. The summed E-state index contributed by atoms with van der Waals surface area (Å²) < 4.78 is 5.57. The Bertz CT molecular complexity index is 661. The quantitative estimate of drug-likeness (QED) is 0.671. The highest BCUT2D eigenvalue weighted by Crippen LogP contribution is 2.13. The topological polar surface area (TPSA) is 53.7 Å². The third kappa shape index (κ3) is 4.99. The molecule has 2 rings (SSSR count). The molecule has 0 bridgehead atoms. The number of benzene rings is 1. The lowest BCUT2D eigenvalue weighted by molar-refractivity contribution is 0.458. The fourth-order valence-electron chi connectivity index (χ4n) is 2.20. The zero-order chi connectivity index (χ0) is 16.8. The summed E-state index contributed by atoms with van der Waals surface area (Å²) in [5.41, 5.74) is 2.04. The molecule has 5 nitrogen and oxygen atoms in total.